The van der Waals surface area contributed by atoms with Crippen LogP contribution in [0.4, 0.5) is 0 Å². The van der Waals surface area contributed by atoms with E-state index in [1.165, 1.54) is 10.4 Å². The molecular weight excluding hydrogens is 508 g/mol. The number of benzene rings is 2. The van der Waals surface area contributed by atoms with Crippen LogP contribution in [0.2, 0.25) is 4.34 Å². The Bertz CT molecular complexity index is 1590. The Morgan fingerprint density at radius 3 is 2.34 bits per heavy atom. The lowest BCUT2D eigenvalue weighted by atomic mass is 10.0. The molecule has 0 atom stereocenters. The lowest BCUT2D eigenvalue weighted by Crippen LogP contribution is -2.50. The maximum absolute atomic E-state index is 13.5. The van der Waals surface area contributed by atoms with Gasteiger partial charge in [0, 0.05) is 37.3 Å². The third-order valence-corrected chi connectivity index (χ3v) is 9.68. The molecule has 7 nitrogen and oxygen atoms in total. The van der Waals surface area contributed by atoms with E-state index in [0.29, 0.717) is 21.0 Å². The molecule has 10 heteroatoms. The number of hydrogen-bond acceptors (Lipinski definition) is 6. The van der Waals surface area contributed by atoms with E-state index in [4.69, 9.17) is 16.0 Å². The molecule has 0 spiro atoms. The van der Waals surface area contributed by atoms with E-state index in [9.17, 15) is 18.0 Å². The van der Waals surface area contributed by atoms with Crippen molar-refractivity contribution in [3.05, 3.63) is 86.4 Å². The zero-order valence-corrected chi connectivity index (χ0v) is 21.1. The number of para-hydroxylation sites is 1. The number of carbonyl (C=O) groups excluding carboxylic acids is 1. The van der Waals surface area contributed by atoms with Gasteiger partial charge < -0.3 is 9.32 Å². The molecule has 0 saturated carbocycles. The van der Waals surface area contributed by atoms with Crippen molar-refractivity contribution >= 4 is 49.8 Å². The standard InChI is InChI=1S/C25H21ClN2O5S2/c1-16-22(29)18-8-5-9-19(24(18)33-23(16)17-6-3-2-4-7-17)25(30)27-12-14-28(15-13-27)35(31,32)21-11-10-20(26)34-21/h2-11H,12-15H2,1H3. The lowest BCUT2D eigenvalue weighted by Gasteiger charge is -2.33. The minimum atomic E-state index is -3.67. The van der Waals surface area contributed by atoms with Gasteiger partial charge in [-0.1, -0.05) is 48.0 Å². The lowest BCUT2D eigenvalue weighted by molar-refractivity contribution is 0.0699. The van der Waals surface area contributed by atoms with Gasteiger partial charge in [0.15, 0.2) is 11.0 Å². The molecule has 1 aliphatic heterocycles. The predicted octanol–water partition coefficient (Wildman–Crippen LogP) is 4.63. The molecule has 0 N–H and O–H groups in total. The van der Waals surface area contributed by atoms with Crippen LogP contribution in [-0.4, -0.2) is 49.7 Å². The first-order valence-corrected chi connectivity index (χ1v) is 13.6. The first kappa shape index (κ1) is 23.7. The molecule has 4 aromatic rings. The van der Waals surface area contributed by atoms with E-state index in [2.05, 4.69) is 0 Å². The number of hydrogen-bond donors (Lipinski definition) is 0. The quantitative estimate of drug-likeness (QED) is 0.385. The second-order valence-corrected chi connectivity index (χ2v) is 12.1. The Hall–Kier alpha value is -2.98. The molecule has 5 rings (SSSR count). The van der Waals surface area contributed by atoms with Gasteiger partial charge in [0.1, 0.15) is 9.97 Å². The van der Waals surface area contributed by atoms with E-state index in [0.717, 1.165) is 16.9 Å². The highest BCUT2D eigenvalue weighted by Crippen LogP contribution is 2.30. The van der Waals surface area contributed by atoms with Crippen LogP contribution in [0.5, 0.6) is 0 Å². The maximum Gasteiger partial charge on any atom is 0.257 e. The summed E-state index contributed by atoms with van der Waals surface area (Å²) >= 11 is 6.92. The van der Waals surface area contributed by atoms with Crippen molar-refractivity contribution in [1.82, 2.24) is 9.21 Å². The van der Waals surface area contributed by atoms with Gasteiger partial charge in [0.2, 0.25) is 0 Å². The molecular formula is C25H21ClN2O5S2. The smallest absolute Gasteiger partial charge is 0.257 e. The first-order valence-electron chi connectivity index (χ1n) is 10.9. The fourth-order valence-electron chi connectivity index (χ4n) is 4.21. The van der Waals surface area contributed by atoms with Crippen LogP contribution in [0.3, 0.4) is 0 Å². The van der Waals surface area contributed by atoms with Crippen LogP contribution < -0.4 is 5.43 Å². The second-order valence-electron chi connectivity index (χ2n) is 8.19. The van der Waals surface area contributed by atoms with E-state index in [-0.39, 0.29) is 52.9 Å². The summed E-state index contributed by atoms with van der Waals surface area (Å²) < 4.78 is 33.9. The number of rotatable bonds is 4. The SMILES string of the molecule is Cc1c(-c2ccccc2)oc2c(C(=O)N3CCN(S(=O)(=O)c4ccc(Cl)s4)CC3)cccc2c1=O. The summed E-state index contributed by atoms with van der Waals surface area (Å²) in [4.78, 5) is 28.2. The topological polar surface area (TPSA) is 87.9 Å². The largest absolute Gasteiger partial charge is 0.455 e. The number of thiophene rings is 1. The third kappa shape index (κ3) is 4.29. The van der Waals surface area contributed by atoms with Crippen LogP contribution in [0, 0.1) is 6.92 Å². The normalized spacial score (nSPS) is 15.0. The van der Waals surface area contributed by atoms with E-state index in [1.54, 1.807) is 36.1 Å². The molecule has 1 fully saturated rings. The summed E-state index contributed by atoms with van der Waals surface area (Å²) in [5.41, 5.74) is 1.54. The van der Waals surface area contributed by atoms with Crippen LogP contribution in [-0.2, 0) is 10.0 Å². The van der Waals surface area contributed by atoms with Gasteiger partial charge in [-0.05, 0) is 31.2 Å². The number of carbonyl (C=O) groups is 1. The Balaban J connectivity index is 1.45. The molecule has 2 aromatic carbocycles. The molecule has 35 heavy (non-hydrogen) atoms. The highest BCUT2D eigenvalue weighted by atomic mass is 35.5. The van der Waals surface area contributed by atoms with Crippen LogP contribution in [0.1, 0.15) is 15.9 Å². The van der Waals surface area contributed by atoms with Crippen molar-refractivity contribution in [3.63, 3.8) is 0 Å². The molecule has 2 aromatic heterocycles. The van der Waals surface area contributed by atoms with Crippen molar-refractivity contribution in [1.29, 1.82) is 0 Å². The average Bonchev–Trinajstić information content (AvgIpc) is 3.33. The Morgan fingerprint density at radius 2 is 1.69 bits per heavy atom. The molecule has 1 amide bonds. The van der Waals surface area contributed by atoms with Crippen molar-refractivity contribution in [2.24, 2.45) is 0 Å². The summed E-state index contributed by atoms with van der Waals surface area (Å²) in [6.07, 6.45) is 0. The van der Waals surface area contributed by atoms with Crippen LogP contribution >= 0.6 is 22.9 Å². The van der Waals surface area contributed by atoms with Gasteiger partial charge >= 0.3 is 0 Å². The first-order chi connectivity index (χ1) is 16.8. The number of fused-ring (bicyclic) bond motifs is 1. The molecule has 0 radical (unpaired) electrons. The maximum atomic E-state index is 13.5. The summed E-state index contributed by atoms with van der Waals surface area (Å²) in [5, 5.41) is 0.337. The predicted molar refractivity (Wildman–Crippen MR) is 137 cm³/mol. The fourth-order valence-corrected chi connectivity index (χ4v) is 7.27. The Labute approximate surface area is 211 Å². The molecule has 1 saturated heterocycles. The summed E-state index contributed by atoms with van der Waals surface area (Å²) in [6.45, 7) is 2.46. The van der Waals surface area contributed by atoms with Gasteiger partial charge in [-0.2, -0.15) is 4.31 Å². The number of halogens is 1. The Kier molecular flexibility index (Phi) is 6.27. The zero-order valence-electron chi connectivity index (χ0n) is 18.7. The van der Waals surface area contributed by atoms with Gasteiger partial charge in [-0.25, -0.2) is 8.42 Å². The third-order valence-electron chi connectivity index (χ3n) is 6.08. The molecule has 0 unspecified atom stereocenters. The molecule has 0 aliphatic carbocycles. The number of piperazine rings is 1. The minimum Gasteiger partial charge on any atom is -0.455 e. The summed E-state index contributed by atoms with van der Waals surface area (Å²) in [7, 11) is -3.67. The van der Waals surface area contributed by atoms with Crippen molar-refractivity contribution < 1.29 is 17.6 Å². The van der Waals surface area contributed by atoms with Crippen molar-refractivity contribution in [2.45, 2.75) is 11.1 Å². The molecule has 1 aliphatic rings. The van der Waals surface area contributed by atoms with Gasteiger partial charge in [0.05, 0.1) is 15.3 Å². The molecule has 0 bridgehead atoms. The second kappa shape index (κ2) is 9.23. The van der Waals surface area contributed by atoms with Gasteiger partial charge in [0.25, 0.3) is 15.9 Å². The average molecular weight is 529 g/mol. The molecule has 3 heterocycles. The Morgan fingerprint density at radius 1 is 0.971 bits per heavy atom. The van der Waals surface area contributed by atoms with Crippen molar-refractivity contribution in [3.8, 4) is 11.3 Å². The number of amides is 1. The fraction of sp³-hybridized carbons (Fsp3) is 0.200. The van der Waals surface area contributed by atoms with E-state index in [1.807, 2.05) is 30.3 Å². The van der Waals surface area contributed by atoms with Gasteiger partial charge in [-0.3, -0.25) is 9.59 Å². The van der Waals surface area contributed by atoms with Gasteiger partial charge in [-0.15, -0.1) is 11.3 Å². The van der Waals surface area contributed by atoms with E-state index < -0.39 is 10.0 Å². The van der Waals surface area contributed by atoms with Crippen molar-refractivity contribution in [2.75, 3.05) is 26.2 Å². The minimum absolute atomic E-state index is 0.159. The highest BCUT2D eigenvalue weighted by Gasteiger charge is 2.32. The molecule has 180 valence electrons. The van der Waals surface area contributed by atoms with Crippen LogP contribution in [0.15, 0.2) is 74.1 Å². The summed E-state index contributed by atoms with van der Waals surface area (Å²) in [5.74, 6) is 0.117. The zero-order chi connectivity index (χ0) is 24.7. The number of nitrogens with zero attached hydrogens (tertiary/aromatic N) is 2. The monoisotopic (exact) mass is 528 g/mol. The highest BCUT2D eigenvalue weighted by molar-refractivity contribution is 7.91. The summed E-state index contributed by atoms with van der Waals surface area (Å²) in [6, 6.07) is 17.3. The number of sulfonamides is 1. The van der Waals surface area contributed by atoms with Crippen LogP contribution in [0.25, 0.3) is 22.3 Å². The van der Waals surface area contributed by atoms with E-state index >= 15 is 0 Å².